The molecule has 0 aliphatic heterocycles. The number of hydrogen-bond donors (Lipinski definition) is 1. The summed E-state index contributed by atoms with van der Waals surface area (Å²) in [5.74, 6) is -0.569. The third kappa shape index (κ3) is 2.62. The smallest absolute Gasteiger partial charge is 0.354 e. The average molecular weight is 256 g/mol. The molecule has 0 amide bonds. The molecule has 2 rings (SSSR count). The van der Waals surface area contributed by atoms with Crippen LogP contribution in [0.5, 0.6) is 0 Å². The van der Waals surface area contributed by atoms with Gasteiger partial charge in [0.25, 0.3) is 0 Å². The number of aromatic nitrogens is 2. The number of nitrogens with zero attached hydrogens (tertiary/aromatic N) is 2. The summed E-state index contributed by atoms with van der Waals surface area (Å²) in [6.07, 6.45) is 0. The maximum Gasteiger partial charge on any atom is 0.354 e. The zero-order chi connectivity index (χ0) is 14.2. The lowest BCUT2D eigenvalue weighted by Gasteiger charge is -2.10. The highest BCUT2D eigenvalue weighted by Crippen LogP contribution is 2.25. The molecule has 0 radical (unpaired) electrons. The van der Waals surface area contributed by atoms with E-state index in [9.17, 15) is 4.79 Å². The van der Waals surface area contributed by atoms with Crippen LogP contribution < -0.4 is 0 Å². The lowest BCUT2D eigenvalue weighted by Crippen LogP contribution is -2.04. The molecule has 0 bridgehead atoms. The molecule has 1 heterocycles. The van der Waals surface area contributed by atoms with Crippen molar-refractivity contribution in [1.29, 1.82) is 0 Å². The van der Waals surface area contributed by atoms with Crippen LogP contribution in [-0.4, -0.2) is 21.0 Å². The number of carbonyl (C=O) groups is 1. The largest absolute Gasteiger partial charge is 0.477 e. The minimum atomic E-state index is -1.03. The number of aromatic carboxylic acids is 1. The molecule has 0 unspecified atom stereocenters. The SMILES string of the molecule is Cc1nc(C(=O)O)cc(-c2cc(C)c(C)cc2C)n1. The van der Waals surface area contributed by atoms with Crippen LogP contribution in [0.25, 0.3) is 11.3 Å². The van der Waals surface area contributed by atoms with Crippen LogP contribution in [-0.2, 0) is 0 Å². The number of aryl methyl sites for hydroxylation is 4. The first-order valence-corrected chi connectivity index (χ1v) is 6.05. The lowest BCUT2D eigenvalue weighted by molar-refractivity contribution is 0.0690. The number of benzene rings is 1. The summed E-state index contributed by atoms with van der Waals surface area (Å²) in [7, 11) is 0. The Labute approximate surface area is 112 Å². The topological polar surface area (TPSA) is 63.1 Å². The van der Waals surface area contributed by atoms with Gasteiger partial charge in [0.15, 0.2) is 5.69 Å². The normalized spacial score (nSPS) is 10.5. The van der Waals surface area contributed by atoms with E-state index in [2.05, 4.69) is 23.0 Å². The van der Waals surface area contributed by atoms with Gasteiger partial charge in [-0.2, -0.15) is 0 Å². The van der Waals surface area contributed by atoms with Gasteiger partial charge in [0.2, 0.25) is 0 Å². The van der Waals surface area contributed by atoms with Gasteiger partial charge in [0, 0.05) is 5.56 Å². The van der Waals surface area contributed by atoms with E-state index in [0.717, 1.165) is 16.7 Å². The second kappa shape index (κ2) is 4.80. The third-order valence-electron chi connectivity index (χ3n) is 3.17. The van der Waals surface area contributed by atoms with Crippen LogP contribution >= 0.6 is 0 Å². The first kappa shape index (κ1) is 13.2. The molecule has 0 aliphatic rings. The molecule has 0 fully saturated rings. The number of hydrogen-bond acceptors (Lipinski definition) is 3. The molecule has 0 aliphatic carbocycles. The van der Waals surface area contributed by atoms with Gasteiger partial charge in [0.1, 0.15) is 5.82 Å². The Morgan fingerprint density at radius 2 is 1.58 bits per heavy atom. The first-order valence-electron chi connectivity index (χ1n) is 6.05. The molecule has 0 spiro atoms. The maximum atomic E-state index is 11.1. The van der Waals surface area contributed by atoms with Crippen molar-refractivity contribution in [3.05, 3.63) is 46.4 Å². The van der Waals surface area contributed by atoms with Crippen LogP contribution in [0.3, 0.4) is 0 Å². The fourth-order valence-electron chi connectivity index (χ4n) is 2.05. The van der Waals surface area contributed by atoms with Crippen molar-refractivity contribution in [3.63, 3.8) is 0 Å². The zero-order valence-corrected chi connectivity index (χ0v) is 11.5. The quantitative estimate of drug-likeness (QED) is 0.896. The van der Waals surface area contributed by atoms with Gasteiger partial charge in [0.05, 0.1) is 5.69 Å². The average Bonchev–Trinajstić information content (AvgIpc) is 2.33. The van der Waals surface area contributed by atoms with E-state index >= 15 is 0 Å². The minimum absolute atomic E-state index is 0.0279. The van der Waals surface area contributed by atoms with Gasteiger partial charge in [-0.15, -0.1) is 0 Å². The fraction of sp³-hybridized carbons (Fsp3) is 0.267. The predicted molar refractivity (Wildman–Crippen MR) is 73.4 cm³/mol. The highest BCUT2D eigenvalue weighted by molar-refractivity contribution is 5.86. The molecule has 4 nitrogen and oxygen atoms in total. The molecule has 1 aromatic carbocycles. The van der Waals surface area contributed by atoms with Gasteiger partial charge in [-0.3, -0.25) is 0 Å². The Kier molecular flexibility index (Phi) is 3.34. The van der Waals surface area contributed by atoms with Crippen molar-refractivity contribution >= 4 is 5.97 Å². The van der Waals surface area contributed by atoms with Crippen molar-refractivity contribution in [2.75, 3.05) is 0 Å². The van der Waals surface area contributed by atoms with Gasteiger partial charge in [-0.05, 0) is 56.5 Å². The predicted octanol–water partition coefficient (Wildman–Crippen LogP) is 3.08. The van der Waals surface area contributed by atoms with Crippen molar-refractivity contribution in [1.82, 2.24) is 9.97 Å². The van der Waals surface area contributed by atoms with Crippen LogP contribution in [0.1, 0.15) is 33.0 Å². The van der Waals surface area contributed by atoms with E-state index in [4.69, 9.17) is 5.11 Å². The summed E-state index contributed by atoms with van der Waals surface area (Å²) in [6, 6.07) is 5.65. The van der Waals surface area contributed by atoms with Gasteiger partial charge in [-0.1, -0.05) is 6.07 Å². The summed E-state index contributed by atoms with van der Waals surface area (Å²) in [5.41, 5.74) is 5.10. The van der Waals surface area contributed by atoms with Crippen LogP contribution in [0, 0.1) is 27.7 Å². The molecule has 1 aromatic heterocycles. The highest BCUT2D eigenvalue weighted by atomic mass is 16.4. The Hall–Kier alpha value is -2.23. The second-order valence-electron chi connectivity index (χ2n) is 4.74. The first-order chi connectivity index (χ1) is 8.88. The zero-order valence-electron chi connectivity index (χ0n) is 11.5. The Bertz CT molecular complexity index is 663. The van der Waals surface area contributed by atoms with Crippen molar-refractivity contribution in [2.45, 2.75) is 27.7 Å². The van der Waals surface area contributed by atoms with Crippen LogP contribution in [0.2, 0.25) is 0 Å². The molecule has 98 valence electrons. The summed E-state index contributed by atoms with van der Waals surface area (Å²) < 4.78 is 0. The monoisotopic (exact) mass is 256 g/mol. The minimum Gasteiger partial charge on any atom is -0.477 e. The van der Waals surface area contributed by atoms with E-state index in [-0.39, 0.29) is 5.69 Å². The summed E-state index contributed by atoms with van der Waals surface area (Å²) in [6.45, 7) is 7.79. The van der Waals surface area contributed by atoms with Gasteiger partial charge >= 0.3 is 5.97 Å². The second-order valence-corrected chi connectivity index (χ2v) is 4.74. The molecule has 19 heavy (non-hydrogen) atoms. The van der Waals surface area contributed by atoms with E-state index in [1.54, 1.807) is 6.92 Å². The number of carboxylic acids is 1. The van der Waals surface area contributed by atoms with Crippen molar-refractivity contribution in [2.24, 2.45) is 0 Å². The Morgan fingerprint density at radius 1 is 0.947 bits per heavy atom. The fourth-order valence-corrected chi connectivity index (χ4v) is 2.05. The molecule has 1 N–H and O–H groups in total. The van der Waals surface area contributed by atoms with E-state index < -0.39 is 5.97 Å². The molecule has 0 saturated carbocycles. The number of rotatable bonds is 2. The third-order valence-corrected chi connectivity index (χ3v) is 3.17. The summed E-state index contributed by atoms with van der Waals surface area (Å²) >= 11 is 0. The van der Waals surface area contributed by atoms with Crippen molar-refractivity contribution in [3.8, 4) is 11.3 Å². The standard InChI is InChI=1S/C15H16N2O2/c1-8-5-10(3)12(6-9(8)2)13-7-14(15(18)19)17-11(4)16-13/h5-7H,1-4H3,(H,18,19). The molecular formula is C15H16N2O2. The van der Waals surface area contributed by atoms with E-state index in [0.29, 0.717) is 11.5 Å². The van der Waals surface area contributed by atoms with Crippen molar-refractivity contribution < 1.29 is 9.90 Å². The molecular weight excluding hydrogens is 240 g/mol. The maximum absolute atomic E-state index is 11.1. The van der Waals surface area contributed by atoms with Crippen LogP contribution in [0.4, 0.5) is 0 Å². The van der Waals surface area contributed by atoms with E-state index in [1.165, 1.54) is 11.6 Å². The highest BCUT2D eigenvalue weighted by Gasteiger charge is 2.12. The molecule has 2 aromatic rings. The molecule has 4 heteroatoms. The Morgan fingerprint density at radius 3 is 2.21 bits per heavy atom. The lowest BCUT2D eigenvalue weighted by atomic mass is 9.98. The van der Waals surface area contributed by atoms with E-state index in [1.807, 2.05) is 19.9 Å². The summed E-state index contributed by atoms with van der Waals surface area (Å²) in [4.78, 5) is 19.3. The van der Waals surface area contributed by atoms with Gasteiger partial charge < -0.3 is 5.11 Å². The number of carboxylic acid groups (broad SMARTS) is 1. The molecule has 0 atom stereocenters. The summed E-state index contributed by atoms with van der Waals surface area (Å²) in [5, 5.41) is 9.06. The van der Waals surface area contributed by atoms with Crippen LogP contribution in [0.15, 0.2) is 18.2 Å². The van der Waals surface area contributed by atoms with Gasteiger partial charge in [-0.25, -0.2) is 14.8 Å². The molecule has 0 saturated heterocycles. The Balaban J connectivity index is 2.65.